The normalized spacial score (nSPS) is 16.6. The van der Waals surface area contributed by atoms with Crippen LogP contribution in [0.2, 0.25) is 0 Å². The van der Waals surface area contributed by atoms with Gasteiger partial charge >= 0.3 is 0 Å². The average Bonchev–Trinajstić information content (AvgIpc) is 3.23. The summed E-state index contributed by atoms with van der Waals surface area (Å²) in [5.74, 6) is 0.467. The maximum atomic E-state index is 12.6. The molecular formula is C20H22N2O3. The van der Waals surface area contributed by atoms with E-state index in [4.69, 9.17) is 14.7 Å². The van der Waals surface area contributed by atoms with Gasteiger partial charge in [-0.05, 0) is 51.0 Å². The lowest BCUT2D eigenvalue weighted by atomic mass is 10.1. The molecule has 1 unspecified atom stereocenters. The van der Waals surface area contributed by atoms with E-state index >= 15 is 0 Å². The molecule has 5 heteroatoms. The van der Waals surface area contributed by atoms with Gasteiger partial charge in [0.1, 0.15) is 5.75 Å². The van der Waals surface area contributed by atoms with Crippen molar-refractivity contribution in [3.63, 3.8) is 0 Å². The number of hydrogen-bond acceptors (Lipinski definition) is 4. The topological polar surface area (TPSA) is 64.2 Å². The molecule has 1 aliphatic rings. The standard InChI is InChI=1S/C20H22N2O3/c1-14-9-19(15(2)22(14)12-18-7-4-8-24-18)20(23)13-25-17-6-3-5-16(10-17)11-21/h3,5-6,9-10,18H,4,7-8,12-13H2,1-2H3. The minimum absolute atomic E-state index is 0.0426. The summed E-state index contributed by atoms with van der Waals surface area (Å²) in [6.07, 6.45) is 2.40. The fourth-order valence-corrected chi connectivity index (χ4v) is 3.24. The lowest BCUT2D eigenvalue weighted by molar-refractivity contribution is 0.0914. The highest BCUT2D eigenvalue weighted by Crippen LogP contribution is 2.21. The predicted molar refractivity (Wildman–Crippen MR) is 93.9 cm³/mol. The molecule has 25 heavy (non-hydrogen) atoms. The largest absolute Gasteiger partial charge is 0.485 e. The smallest absolute Gasteiger partial charge is 0.202 e. The first-order valence-electron chi connectivity index (χ1n) is 8.53. The molecule has 0 radical (unpaired) electrons. The Morgan fingerprint density at radius 1 is 1.40 bits per heavy atom. The number of ketones is 1. The van der Waals surface area contributed by atoms with Crippen molar-refractivity contribution in [1.82, 2.24) is 4.57 Å². The Balaban J connectivity index is 1.68. The fraction of sp³-hybridized carbons (Fsp3) is 0.400. The van der Waals surface area contributed by atoms with E-state index in [0.717, 1.165) is 37.4 Å². The van der Waals surface area contributed by atoms with Crippen LogP contribution in [-0.4, -0.2) is 29.7 Å². The minimum Gasteiger partial charge on any atom is -0.485 e. The fourth-order valence-electron chi connectivity index (χ4n) is 3.24. The summed E-state index contributed by atoms with van der Waals surface area (Å²) in [6.45, 7) is 5.54. The highest BCUT2D eigenvalue weighted by molar-refractivity contribution is 5.98. The molecule has 1 fully saturated rings. The number of Topliss-reactive ketones (excluding diaryl/α,β-unsaturated/α-hetero) is 1. The van der Waals surface area contributed by atoms with Gasteiger partial charge in [-0.15, -0.1) is 0 Å². The van der Waals surface area contributed by atoms with Crippen LogP contribution in [-0.2, 0) is 11.3 Å². The van der Waals surface area contributed by atoms with Crippen LogP contribution < -0.4 is 4.74 Å². The summed E-state index contributed by atoms with van der Waals surface area (Å²) in [4.78, 5) is 12.6. The highest BCUT2D eigenvalue weighted by Gasteiger charge is 2.21. The van der Waals surface area contributed by atoms with E-state index in [-0.39, 0.29) is 18.5 Å². The van der Waals surface area contributed by atoms with E-state index in [9.17, 15) is 4.79 Å². The number of aromatic nitrogens is 1. The van der Waals surface area contributed by atoms with Gasteiger partial charge in [-0.2, -0.15) is 5.26 Å². The van der Waals surface area contributed by atoms with Crippen molar-refractivity contribution >= 4 is 5.78 Å². The number of hydrogen-bond donors (Lipinski definition) is 0. The van der Waals surface area contributed by atoms with Crippen LogP contribution in [0.15, 0.2) is 30.3 Å². The Kier molecular flexibility index (Phi) is 5.20. The van der Waals surface area contributed by atoms with Gasteiger partial charge in [0.2, 0.25) is 5.78 Å². The second-order valence-electron chi connectivity index (χ2n) is 6.38. The maximum Gasteiger partial charge on any atom is 0.202 e. The van der Waals surface area contributed by atoms with Crippen molar-refractivity contribution in [2.75, 3.05) is 13.2 Å². The van der Waals surface area contributed by atoms with Crippen LogP contribution in [0.1, 0.15) is 40.2 Å². The molecular weight excluding hydrogens is 316 g/mol. The monoisotopic (exact) mass is 338 g/mol. The quantitative estimate of drug-likeness (QED) is 0.757. The predicted octanol–water partition coefficient (Wildman–Crippen LogP) is 3.42. The van der Waals surface area contributed by atoms with Crippen molar-refractivity contribution in [3.8, 4) is 11.8 Å². The SMILES string of the molecule is Cc1cc(C(=O)COc2cccc(C#N)c2)c(C)n1CC1CCCO1. The van der Waals surface area contributed by atoms with E-state index in [1.54, 1.807) is 24.3 Å². The van der Waals surface area contributed by atoms with Gasteiger partial charge in [-0.25, -0.2) is 0 Å². The number of nitrogens with zero attached hydrogens (tertiary/aromatic N) is 2. The van der Waals surface area contributed by atoms with Gasteiger partial charge < -0.3 is 14.0 Å². The highest BCUT2D eigenvalue weighted by atomic mass is 16.5. The Morgan fingerprint density at radius 2 is 2.24 bits per heavy atom. The third-order valence-electron chi connectivity index (χ3n) is 4.62. The molecule has 0 bridgehead atoms. The van der Waals surface area contributed by atoms with E-state index < -0.39 is 0 Å². The zero-order valence-electron chi connectivity index (χ0n) is 14.6. The van der Waals surface area contributed by atoms with E-state index in [0.29, 0.717) is 16.9 Å². The molecule has 2 heterocycles. The molecule has 5 nitrogen and oxygen atoms in total. The van der Waals surface area contributed by atoms with Crippen LogP contribution in [0.25, 0.3) is 0 Å². The molecule has 0 amide bonds. The summed E-state index contributed by atoms with van der Waals surface area (Å²) in [7, 11) is 0. The van der Waals surface area contributed by atoms with Gasteiger partial charge in [-0.3, -0.25) is 4.79 Å². The summed E-state index contributed by atoms with van der Waals surface area (Å²) < 4.78 is 13.4. The van der Waals surface area contributed by atoms with E-state index in [1.165, 1.54) is 0 Å². The summed E-state index contributed by atoms with van der Waals surface area (Å²) in [5.41, 5.74) is 3.21. The first-order valence-corrected chi connectivity index (χ1v) is 8.53. The third-order valence-corrected chi connectivity index (χ3v) is 4.62. The lowest BCUT2D eigenvalue weighted by Gasteiger charge is -2.14. The zero-order chi connectivity index (χ0) is 17.8. The lowest BCUT2D eigenvalue weighted by Crippen LogP contribution is -2.18. The molecule has 130 valence electrons. The third kappa shape index (κ3) is 3.92. The molecule has 1 aromatic heterocycles. The van der Waals surface area contributed by atoms with Gasteiger partial charge in [0.15, 0.2) is 6.61 Å². The van der Waals surface area contributed by atoms with Crippen LogP contribution in [0.4, 0.5) is 0 Å². The number of aryl methyl sites for hydroxylation is 1. The number of carbonyl (C=O) groups is 1. The second kappa shape index (κ2) is 7.54. The van der Waals surface area contributed by atoms with E-state index in [2.05, 4.69) is 10.6 Å². The molecule has 1 aliphatic heterocycles. The van der Waals surface area contributed by atoms with Crippen molar-refractivity contribution in [2.45, 2.75) is 39.3 Å². The Hall–Kier alpha value is -2.58. The number of rotatable bonds is 6. The van der Waals surface area contributed by atoms with Gasteiger partial charge in [0.05, 0.1) is 17.7 Å². The van der Waals surface area contributed by atoms with Crippen LogP contribution in [0.5, 0.6) is 5.75 Å². The minimum atomic E-state index is -0.0611. The second-order valence-corrected chi connectivity index (χ2v) is 6.38. The zero-order valence-corrected chi connectivity index (χ0v) is 14.6. The molecule has 1 saturated heterocycles. The molecule has 3 rings (SSSR count). The molecule has 0 N–H and O–H groups in total. The van der Waals surface area contributed by atoms with Crippen LogP contribution >= 0.6 is 0 Å². The maximum absolute atomic E-state index is 12.6. The number of benzene rings is 1. The molecule has 1 atom stereocenters. The average molecular weight is 338 g/mol. The Morgan fingerprint density at radius 3 is 2.96 bits per heavy atom. The Bertz CT molecular complexity index is 811. The molecule has 2 aromatic rings. The van der Waals surface area contributed by atoms with Gasteiger partial charge in [0, 0.05) is 30.1 Å². The number of carbonyl (C=O) groups excluding carboxylic acids is 1. The van der Waals surface area contributed by atoms with Crippen molar-refractivity contribution in [2.24, 2.45) is 0 Å². The van der Waals surface area contributed by atoms with Gasteiger partial charge in [0.25, 0.3) is 0 Å². The van der Waals surface area contributed by atoms with E-state index in [1.807, 2.05) is 19.9 Å². The van der Waals surface area contributed by atoms with Crippen molar-refractivity contribution in [1.29, 1.82) is 5.26 Å². The molecule has 0 saturated carbocycles. The first-order chi connectivity index (χ1) is 12.1. The van der Waals surface area contributed by atoms with Gasteiger partial charge in [-0.1, -0.05) is 6.07 Å². The molecule has 0 spiro atoms. The summed E-state index contributed by atoms with van der Waals surface area (Å²) in [6, 6.07) is 10.8. The van der Waals surface area contributed by atoms with Crippen LogP contribution in [0.3, 0.4) is 0 Å². The molecule has 1 aromatic carbocycles. The summed E-state index contributed by atoms with van der Waals surface area (Å²) in [5, 5.41) is 8.92. The molecule has 0 aliphatic carbocycles. The van der Waals surface area contributed by atoms with Crippen LogP contribution in [0, 0.1) is 25.2 Å². The van der Waals surface area contributed by atoms with Crippen molar-refractivity contribution in [3.05, 3.63) is 52.8 Å². The summed E-state index contributed by atoms with van der Waals surface area (Å²) >= 11 is 0. The number of nitriles is 1. The Labute approximate surface area is 147 Å². The first kappa shape index (κ1) is 17.2. The number of ether oxygens (including phenoxy) is 2. The van der Waals surface area contributed by atoms with Crippen molar-refractivity contribution < 1.29 is 14.3 Å².